The van der Waals surface area contributed by atoms with E-state index < -0.39 is 0 Å². The number of nitrogens with one attached hydrogen (secondary N) is 1. The van der Waals surface area contributed by atoms with Crippen molar-refractivity contribution in [3.05, 3.63) is 88.3 Å². The maximum Gasteiger partial charge on any atom is 0.249 e. The summed E-state index contributed by atoms with van der Waals surface area (Å²) >= 11 is 8.64. The van der Waals surface area contributed by atoms with Crippen LogP contribution in [-0.4, -0.2) is 20.2 Å². The largest absolute Gasteiger partial charge is 0.307 e. The molecule has 1 saturated carbocycles. The molecule has 0 spiro atoms. The molecule has 5 aromatic rings. The Hall–Kier alpha value is -3.15. The first-order valence-corrected chi connectivity index (χ1v) is 12.8. The van der Waals surface area contributed by atoms with Gasteiger partial charge < -0.3 is 4.98 Å². The van der Waals surface area contributed by atoms with Crippen LogP contribution in [0.5, 0.6) is 0 Å². The zero-order valence-corrected chi connectivity index (χ0v) is 20.0. The van der Waals surface area contributed by atoms with E-state index in [0.29, 0.717) is 15.9 Å². The SMILES string of the molecule is O=c1ccc2c(SC3CCCC3)c(-c3cc(Cl)c4ncccc4c3)c(-c3ccccc3)nc2[nH]1. The van der Waals surface area contributed by atoms with Gasteiger partial charge in [-0.25, -0.2) is 4.98 Å². The molecular weight excluding hydrogens is 462 g/mol. The van der Waals surface area contributed by atoms with Crippen LogP contribution in [0.3, 0.4) is 0 Å². The number of halogens is 1. The Morgan fingerprint density at radius 2 is 1.76 bits per heavy atom. The summed E-state index contributed by atoms with van der Waals surface area (Å²) in [5.41, 5.74) is 5.15. The maximum absolute atomic E-state index is 12.2. The van der Waals surface area contributed by atoms with Gasteiger partial charge in [0.15, 0.2) is 0 Å². The molecule has 0 aliphatic heterocycles. The average molecular weight is 484 g/mol. The molecule has 0 saturated heterocycles. The number of thioether (sulfide) groups is 1. The molecule has 3 aromatic heterocycles. The van der Waals surface area contributed by atoms with Crippen LogP contribution in [0.2, 0.25) is 5.02 Å². The van der Waals surface area contributed by atoms with E-state index in [2.05, 4.69) is 28.2 Å². The monoisotopic (exact) mass is 483 g/mol. The molecular formula is C28H22ClN3OS. The van der Waals surface area contributed by atoms with Crippen LogP contribution in [0.15, 0.2) is 82.6 Å². The molecule has 1 fully saturated rings. The van der Waals surface area contributed by atoms with Crippen molar-refractivity contribution in [2.24, 2.45) is 0 Å². The number of fused-ring (bicyclic) bond motifs is 2. The fourth-order valence-electron chi connectivity index (χ4n) is 4.81. The number of nitrogens with zero attached hydrogens (tertiary/aromatic N) is 2. The molecule has 0 radical (unpaired) electrons. The van der Waals surface area contributed by atoms with Crippen molar-refractivity contribution in [2.75, 3.05) is 0 Å². The predicted octanol–water partition coefficient (Wildman–Crippen LogP) is 7.49. The minimum absolute atomic E-state index is 0.150. The predicted molar refractivity (Wildman–Crippen MR) is 142 cm³/mol. The van der Waals surface area contributed by atoms with E-state index in [-0.39, 0.29) is 5.56 Å². The summed E-state index contributed by atoms with van der Waals surface area (Å²) in [4.78, 5) is 25.8. The molecule has 0 atom stereocenters. The third-order valence-electron chi connectivity index (χ3n) is 6.41. The van der Waals surface area contributed by atoms with E-state index in [1.807, 2.05) is 54.2 Å². The highest BCUT2D eigenvalue weighted by atomic mass is 35.5. The molecule has 3 heterocycles. The molecule has 0 bridgehead atoms. The van der Waals surface area contributed by atoms with Crippen molar-refractivity contribution in [1.82, 2.24) is 15.0 Å². The van der Waals surface area contributed by atoms with Crippen LogP contribution in [0.25, 0.3) is 44.3 Å². The fraction of sp³-hybridized carbons (Fsp3) is 0.179. The molecule has 1 aliphatic rings. The summed E-state index contributed by atoms with van der Waals surface area (Å²) in [7, 11) is 0. The van der Waals surface area contributed by atoms with E-state index in [9.17, 15) is 4.79 Å². The first-order chi connectivity index (χ1) is 16.7. The van der Waals surface area contributed by atoms with Crippen LogP contribution in [0.1, 0.15) is 25.7 Å². The van der Waals surface area contributed by atoms with Crippen molar-refractivity contribution in [1.29, 1.82) is 0 Å². The number of benzene rings is 2. The lowest BCUT2D eigenvalue weighted by molar-refractivity contribution is 0.886. The quantitative estimate of drug-likeness (QED) is 0.287. The van der Waals surface area contributed by atoms with Gasteiger partial charge in [0.2, 0.25) is 5.56 Å². The summed E-state index contributed by atoms with van der Waals surface area (Å²) < 4.78 is 0. The summed E-state index contributed by atoms with van der Waals surface area (Å²) in [6.07, 6.45) is 6.66. The highest BCUT2D eigenvalue weighted by Crippen LogP contribution is 2.47. The Balaban J connectivity index is 1.71. The number of hydrogen-bond acceptors (Lipinski definition) is 4. The third kappa shape index (κ3) is 3.89. The second-order valence-electron chi connectivity index (χ2n) is 8.67. The number of H-pyrrole nitrogens is 1. The zero-order valence-electron chi connectivity index (χ0n) is 18.4. The lowest BCUT2D eigenvalue weighted by Gasteiger charge is -2.20. The Bertz CT molecular complexity index is 1580. The maximum atomic E-state index is 12.2. The standard InChI is InChI=1S/C28H22ClN3OS/c29-22-16-19(15-18-9-6-14-30-25(18)22)24-26(17-7-2-1-3-8-17)32-28-21(12-13-23(33)31-28)27(24)34-20-10-4-5-11-20/h1-3,6-9,12-16,20H,4-5,10-11H2,(H,31,32,33). The average Bonchev–Trinajstić information content (AvgIpc) is 3.37. The minimum atomic E-state index is -0.150. The lowest BCUT2D eigenvalue weighted by Crippen LogP contribution is -2.07. The van der Waals surface area contributed by atoms with Crippen molar-refractivity contribution >= 4 is 45.3 Å². The van der Waals surface area contributed by atoms with Gasteiger partial charge in [-0.2, -0.15) is 0 Å². The topological polar surface area (TPSA) is 58.6 Å². The normalized spacial score (nSPS) is 14.3. The molecule has 6 rings (SSSR count). The van der Waals surface area contributed by atoms with Gasteiger partial charge in [-0.05, 0) is 42.7 Å². The molecule has 1 aliphatic carbocycles. The third-order valence-corrected chi connectivity index (χ3v) is 8.16. The number of hydrogen-bond donors (Lipinski definition) is 1. The summed E-state index contributed by atoms with van der Waals surface area (Å²) in [5, 5.41) is 3.11. The van der Waals surface area contributed by atoms with Crippen LogP contribution in [0, 0.1) is 0 Å². The van der Waals surface area contributed by atoms with E-state index >= 15 is 0 Å². The number of rotatable bonds is 4. The van der Waals surface area contributed by atoms with Crippen LogP contribution in [0.4, 0.5) is 0 Å². The second-order valence-corrected chi connectivity index (χ2v) is 10.4. The van der Waals surface area contributed by atoms with Gasteiger partial charge in [0.05, 0.1) is 16.2 Å². The number of aromatic nitrogens is 3. The Morgan fingerprint density at radius 1 is 0.941 bits per heavy atom. The molecule has 2 aromatic carbocycles. The number of pyridine rings is 3. The molecule has 0 amide bonds. The molecule has 168 valence electrons. The molecule has 34 heavy (non-hydrogen) atoms. The van der Waals surface area contributed by atoms with Crippen molar-refractivity contribution in [3.8, 4) is 22.4 Å². The van der Waals surface area contributed by atoms with Gasteiger partial charge in [-0.3, -0.25) is 9.78 Å². The molecule has 6 heteroatoms. The second kappa shape index (κ2) is 8.90. The van der Waals surface area contributed by atoms with Gasteiger partial charge in [0, 0.05) is 44.3 Å². The first-order valence-electron chi connectivity index (χ1n) is 11.5. The van der Waals surface area contributed by atoms with Gasteiger partial charge in [-0.1, -0.05) is 60.8 Å². The van der Waals surface area contributed by atoms with Crippen molar-refractivity contribution in [2.45, 2.75) is 35.8 Å². The smallest absolute Gasteiger partial charge is 0.249 e. The fourth-order valence-corrected chi connectivity index (χ4v) is 6.61. The molecule has 0 unspecified atom stereocenters. The Labute approximate surface area is 206 Å². The van der Waals surface area contributed by atoms with Crippen LogP contribution < -0.4 is 5.56 Å². The van der Waals surface area contributed by atoms with E-state index in [0.717, 1.165) is 43.6 Å². The summed E-state index contributed by atoms with van der Waals surface area (Å²) in [5.74, 6) is 0. The summed E-state index contributed by atoms with van der Waals surface area (Å²) in [6, 6.07) is 21.8. The Morgan fingerprint density at radius 3 is 2.59 bits per heavy atom. The van der Waals surface area contributed by atoms with Gasteiger partial charge in [0.25, 0.3) is 0 Å². The van der Waals surface area contributed by atoms with E-state index in [1.165, 1.54) is 25.7 Å². The van der Waals surface area contributed by atoms with Crippen LogP contribution >= 0.6 is 23.4 Å². The number of aromatic amines is 1. The first kappa shape index (κ1) is 21.4. The van der Waals surface area contributed by atoms with Crippen molar-refractivity contribution in [3.63, 3.8) is 0 Å². The highest BCUT2D eigenvalue weighted by molar-refractivity contribution is 8.00. The van der Waals surface area contributed by atoms with E-state index in [4.69, 9.17) is 16.6 Å². The Kier molecular flexibility index (Phi) is 5.60. The lowest BCUT2D eigenvalue weighted by atomic mass is 9.96. The highest BCUT2D eigenvalue weighted by Gasteiger charge is 2.24. The van der Waals surface area contributed by atoms with Crippen LogP contribution in [-0.2, 0) is 0 Å². The van der Waals surface area contributed by atoms with Gasteiger partial charge >= 0.3 is 0 Å². The van der Waals surface area contributed by atoms with Crippen molar-refractivity contribution < 1.29 is 0 Å². The van der Waals surface area contributed by atoms with Gasteiger partial charge in [-0.15, -0.1) is 11.8 Å². The minimum Gasteiger partial charge on any atom is -0.307 e. The zero-order chi connectivity index (χ0) is 23.1. The molecule has 4 nitrogen and oxygen atoms in total. The van der Waals surface area contributed by atoms with Gasteiger partial charge in [0.1, 0.15) is 5.65 Å². The molecule has 1 N–H and O–H groups in total. The summed E-state index contributed by atoms with van der Waals surface area (Å²) in [6.45, 7) is 0. The van der Waals surface area contributed by atoms with E-state index in [1.54, 1.807) is 12.3 Å².